The summed E-state index contributed by atoms with van der Waals surface area (Å²) in [5.41, 5.74) is 5.25. The van der Waals surface area contributed by atoms with Crippen LogP contribution in [0.1, 0.15) is 20.8 Å². The van der Waals surface area contributed by atoms with Gasteiger partial charge in [0.2, 0.25) is 5.91 Å². The molecule has 0 spiro atoms. The van der Waals surface area contributed by atoms with Gasteiger partial charge in [0.15, 0.2) is 5.78 Å². The fourth-order valence-corrected chi connectivity index (χ4v) is 1.22. The van der Waals surface area contributed by atoms with E-state index in [-0.39, 0.29) is 24.9 Å². The lowest BCUT2D eigenvalue weighted by atomic mass is 10.5. The topological polar surface area (TPSA) is 109 Å². The molecule has 0 unspecified atom stereocenters. The number of ketones is 1. The van der Waals surface area contributed by atoms with E-state index in [1.54, 1.807) is 0 Å². The van der Waals surface area contributed by atoms with Crippen LogP contribution < -0.4 is 11.1 Å². The minimum Gasteiger partial charge on any atom is -0.378 e. The molecule has 0 atom stereocenters. The maximum Gasteiger partial charge on any atom is 0.246 e. The van der Waals surface area contributed by atoms with Gasteiger partial charge in [-0.05, 0) is 6.92 Å². The normalized spacial score (nSPS) is 9.91. The Kier molecular flexibility index (Phi) is 22.0. The van der Waals surface area contributed by atoms with Crippen LogP contribution in [0.2, 0.25) is 0 Å². The molecule has 8 nitrogen and oxygen atoms in total. The molecule has 0 aromatic heterocycles. The summed E-state index contributed by atoms with van der Waals surface area (Å²) < 4.78 is 20.4. The molecule has 138 valence electrons. The van der Waals surface area contributed by atoms with Crippen LogP contribution in [0.3, 0.4) is 0 Å². The van der Waals surface area contributed by atoms with Gasteiger partial charge in [-0.3, -0.25) is 9.59 Å². The molecular formula is C15H32N2O6. The number of carbonyl (C=O) groups is 2. The van der Waals surface area contributed by atoms with Crippen molar-refractivity contribution < 1.29 is 28.5 Å². The molecule has 0 aliphatic rings. The van der Waals surface area contributed by atoms with Crippen LogP contribution in [0.5, 0.6) is 0 Å². The molecule has 0 aliphatic carbocycles. The fraction of sp³-hybridized carbons (Fsp3) is 0.867. The van der Waals surface area contributed by atoms with Gasteiger partial charge in [0.25, 0.3) is 0 Å². The third-order valence-corrected chi connectivity index (χ3v) is 2.11. The van der Waals surface area contributed by atoms with E-state index in [0.717, 1.165) is 0 Å². The Balaban J connectivity index is 0. The molecule has 0 aromatic rings. The molecule has 0 radical (unpaired) electrons. The Morgan fingerprint density at radius 1 is 0.826 bits per heavy atom. The van der Waals surface area contributed by atoms with Crippen molar-refractivity contribution in [2.24, 2.45) is 5.73 Å². The molecule has 0 bridgehead atoms. The predicted octanol–water partition coefficient (Wildman–Crippen LogP) is -0.257. The van der Waals surface area contributed by atoms with Crippen LogP contribution >= 0.6 is 0 Å². The van der Waals surface area contributed by atoms with Crippen molar-refractivity contribution in [2.75, 3.05) is 65.9 Å². The third kappa shape index (κ3) is 23.3. The highest BCUT2D eigenvalue weighted by Gasteiger charge is 2.00. The molecule has 0 saturated carbocycles. The average Bonchev–Trinajstić information content (AvgIpc) is 2.55. The van der Waals surface area contributed by atoms with Gasteiger partial charge in [-0.2, -0.15) is 0 Å². The van der Waals surface area contributed by atoms with Gasteiger partial charge >= 0.3 is 0 Å². The summed E-state index contributed by atoms with van der Waals surface area (Å²) in [4.78, 5) is 21.9. The lowest BCUT2D eigenvalue weighted by Gasteiger charge is -2.07. The van der Waals surface area contributed by atoms with Crippen molar-refractivity contribution >= 4 is 11.7 Å². The number of amides is 1. The standard InChI is InChI=1S/C13H26N2O6.C2H6/c1-12(16)10-20-8-7-19-5-3-15-13(17)11-21-9-6-18-4-2-14;1-2/h2-11,14H2,1H3,(H,15,17);1-2H3. The summed E-state index contributed by atoms with van der Waals surface area (Å²) in [6, 6.07) is 0. The minimum atomic E-state index is -0.203. The first-order valence-corrected chi connectivity index (χ1v) is 7.94. The van der Waals surface area contributed by atoms with Gasteiger partial charge in [-0.1, -0.05) is 13.8 Å². The smallest absolute Gasteiger partial charge is 0.246 e. The molecule has 0 aliphatic heterocycles. The molecule has 1 amide bonds. The van der Waals surface area contributed by atoms with Gasteiger partial charge in [0, 0.05) is 13.1 Å². The van der Waals surface area contributed by atoms with Crippen LogP contribution in [0, 0.1) is 0 Å². The van der Waals surface area contributed by atoms with Gasteiger partial charge in [-0.15, -0.1) is 0 Å². The summed E-state index contributed by atoms with van der Waals surface area (Å²) in [6.07, 6.45) is 0. The van der Waals surface area contributed by atoms with Crippen LogP contribution in [0.25, 0.3) is 0 Å². The number of hydrogen-bond acceptors (Lipinski definition) is 7. The number of ether oxygens (including phenoxy) is 4. The number of carbonyl (C=O) groups excluding carboxylic acids is 2. The minimum absolute atomic E-state index is 0.00624. The van der Waals surface area contributed by atoms with Gasteiger partial charge < -0.3 is 30.0 Å². The highest BCUT2D eigenvalue weighted by molar-refractivity contribution is 5.77. The van der Waals surface area contributed by atoms with Crippen LogP contribution in [0.4, 0.5) is 0 Å². The molecule has 23 heavy (non-hydrogen) atoms. The van der Waals surface area contributed by atoms with Crippen LogP contribution in [0.15, 0.2) is 0 Å². The summed E-state index contributed by atoms with van der Waals surface area (Å²) in [5, 5.41) is 2.65. The van der Waals surface area contributed by atoms with E-state index in [9.17, 15) is 9.59 Å². The number of hydrogen-bond donors (Lipinski definition) is 2. The Morgan fingerprint density at radius 2 is 1.35 bits per heavy atom. The monoisotopic (exact) mass is 336 g/mol. The Bertz CT molecular complexity index is 277. The number of nitrogens with one attached hydrogen (secondary N) is 1. The lowest BCUT2D eigenvalue weighted by Crippen LogP contribution is -2.31. The van der Waals surface area contributed by atoms with E-state index in [4.69, 9.17) is 24.7 Å². The molecule has 0 fully saturated rings. The van der Waals surface area contributed by atoms with Crippen molar-refractivity contribution in [2.45, 2.75) is 20.8 Å². The second kappa shape index (κ2) is 20.9. The number of nitrogens with two attached hydrogens (primary N) is 1. The largest absolute Gasteiger partial charge is 0.378 e. The van der Waals surface area contributed by atoms with E-state index in [1.165, 1.54) is 6.92 Å². The molecule has 0 heterocycles. The maximum absolute atomic E-state index is 11.3. The summed E-state index contributed by atoms with van der Waals surface area (Å²) in [6.45, 7) is 8.84. The second-order valence-electron chi connectivity index (χ2n) is 4.17. The first-order valence-electron chi connectivity index (χ1n) is 7.94. The zero-order valence-corrected chi connectivity index (χ0v) is 14.6. The van der Waals surface area contributed by atoms with Crippen LogP contribution in [-0.4, -0.2) is 77.6 Å². The SMILES string of the molecule is CC.CC(=O)COCCOCCNC(=O)COCCOCCN. The highest BCUT2D eigenvalue weighted by atomic mass is 16.5. The first kappa shape index (κ1) is 24.2. The quantitative estimate of drug-likeness (QED) is 0.397. The molecular weight excluding hydrogens is 304 g/mol. The zero-order chi connectivity index (χ0) is 17.8. The Hall–Kier alpha value is -1.06. The first-order chi connectivity index (χ1) is 11.2. The number of Topliss-reactive ketones (excluding diaryl/α,β-unsaturated/α-hetero) is 1. The summed E-state index contributed by atoms with van der Waals surface area (Å²) in [7, 11) is 0. The van der Waals surface area contributed by atoms with Gasteiger partial charge in [-0.25, -0.2) is 0 Å². The third-order valence-electron chi connectivity index (χ3n) is 2.11. The molecule has 3 N–H and O–H groups in total. The maximum atomic E-state index is 11.3. The lowest BCUT2D eigenvalue weighted by molar-refractivity contribution is -0.126. The van der Waals surface area contributed by atoms with E-state index in [0.29, 0.717) is 52.7 Å². The average molecular weight is 336 g/mol. The Labute approximate surface area is 139 Å². The predicted molar refractivity (Wildman–Crippen MR) is 87.4 cm³/mol. The molecule has 0 saturated heterocycles. The van der Waals surface area contributed by atoms with Crippen molar-refractivity contribution in [1.82, 2.24) is 5.32 Å². The summed E-state index contributed by atoms with van der Waals surface area (Å²) in [5.74, 6) is -0.221. The Morgan fingerprint density at radius 3 is 1.91 bits per heavy atom. The zero-order valence-electron chi connectivity index (χ0n) is 14.6. The van der Waals surface area contributed by atoms with Gasteiger partial charge in [0.1, 0.15) is 13.2 Å². The second-order valence-corrected chi connectivity index (χ2v) is 4.17. The van der Waals surface area contributed by atoms with Crippen molar-refractivity contribution in [1.29, 1.82) is 0 Å². The van der Waals surface area contributed by atoms with Crippen molar-refractivity contribution in [3.05, 3.63) is 0 Å². The van der Waals surface area contributed by atoms with Gasteiger partial charge in [0.05, 0.1) is 39.6 Å². The van der Waals surface area contributed by atoms with E-state index in [2.05, 4.69) is 5.32 Å². The molecule has 0 aromatic carbocycles. The molecule has 8 heteroatoms. The highest BCUT2D eigenvalue weighted by Crippen LogP contribution is 1.81. The van der Waals surface area contributed by atoms with Crippen molar-refractivity contribution in [3.63, 3.8) is 0 Å². The summed E-state index contributed by atoms with van der Waals surface area (Å²) >= 11 is 0. The fourth-order valence-electron chi connectivity index (χ4n) is 1.22. The number of rotatable bonds is 15. The van der Waals surface area contributed by atoms with E-state index >= 15 is 0 Å². The van der Waals surface area contributed by atoms with Crippen molar-refractivity contribution in [3.8, 4) is 0 Å². The molecule has 0 rings (SSSR count). The van der Waals surface area contributed by atoms with E-state index < -0.39 is 0 Å². The van der Waals surface area contributed by atoms with Crippen LogP contribution in [-0.2, 0) is 28.5 Å². The van der Waals surface area contributed by atoms with E-state index in [1.807, 2.05) is 13.8 Å².